The molecular weight excluding hydrogens is 296 g/mol. The van der Waals surface area contributed by atoms with Gasteiger partial charge in [0.15, 0.2) is 5.88 Å². The van der Waals surface area contributed by atoms with Crippen molar-refractivity contribution < 1.29 is 9.84 Å². The Bertz CT molecular complexity index is 909. The molecule has 7 heteroatoms. The number of rotatable bonds is 3. The number of aromatic hydroxyl groups is 1. The van der Waals surface area contributed by atoms with Gasteiger partial charge in [0.25, 0.3) is 5.56 Å². The second kappa shape index (κ2) is 5.68. The number of fused-ring (bicyclic) bond motifs is 3. The molecule has 0 aliphatic carbocycles. The van der Waals surface area contributed by atoms with Crippen LogP contribution in [-0.2, 0) is 11.3 Å². The van der Waals surface area contributed by atoms with Crippen molar-refractivity contribution in [1.82, 2.24) is 18.9 Å². The Hall–Kier alpha value is -2.38. The number of aromatic nitrogens is 3. The van der Waals surface area contributed by atoms with Gasteiger partial charge in [-0.15, -0.1) is 0 Å². The highest BCUT2D eigenvalue weighted by Gasteiger charge is 2.15. The van der Waals surface area contributed by atoms with E-state index < -0.39 is 0 Å². The molecule has 1 fully saturated rings. The van der Waals surface area contributed by atoms with Gasteiger partial charge in [-0.2, -0.15) is 0 Å². The fourth-order valence-electron chi connectivity index (χ4n) is 3.05. The molecule has 0 radical (unpaired) electrons. The first-order valence-electron chi connectivity index (χ1n) is 7.74. The largest absolute Gasteiger partial charge is 0.494 e. The predicted octanol–water partition coefficient (Wildman–Crippen LogP) is 0.687. The summed E-state index contributed by atoms with van der Waals surface area (Å²) in [6.07, 6.45) is 0. The van der Waals surface area contributed by atoms with Gasteiger partial charge in [0.2, 0.25) is 5.78 Å². The Morgan fingerprint density at radius 3 is 2.78 bits per heavy atom. The number of morpholine rings is 1. The van der Waals surface area contributed by atoms with E-state index in [9.17, 15) is 9.90 Å². The lowest BCUT2D eigenvalue weighted by Crippen LogP contribution is -2.38. The van der Waals surface area contributed by atoms with Gasteiger partial charge in [-0.05, 0) is 12.1 Å². The van der Waals surface area contributed by atoms with Crippen LogP contribution >= 0.6 is 0 Å². The van der Waals surface area contributed by atoms with E-state index in [4.69, 9.17) is 4.74 Å². The van der Waals surface area contributed by atoms with Crippen LogP contribution in [0.3, 0.4) is 0 Å². The lowest BCUT2D eigenvalue weighted by molar-refractivity contribution is 0.0362. The molecule has 0 amide bonds. The summed E-state index contributed by atoms with van der Waals surface area (Å²) in [6.45, 7) is 4.58. The van der Waals surface area contributed by atoms with Crippen LogP contribution in [0.15, 0.2) is 35.1 Å². The van der Waals surface area contributed by atoms with E-state index in [1.165, 1.54) is 6.07 Å². The SMILES string of the molecule is O=c1cc(O)n(CCN2CCOCC2)c2nc3ccccc3n12. The zero-order valence-corrected chi connectivity index (χ0v) is 12.7. The smallest absolute Gasteiger partial charge is 0.263 e. The lowest BCUT2D eigenvalue weighted by Gasteiger charge is -2.27. The van der Waals surface area contributed by atoms with Crippen LogP contribution in [0.2, 0.25) is 0 Å². The van der Waals surface area contributed by atoms with Gasteiger partial charge in [-0.1, -0.05) is 12.1 Å². The molecule has 3 aromatic rings. The minimum atomic E-state index is -0.270. The molecule has 1 aromatic carbocycles. The third kappa shape index (κ3) is 2.47. The van der Waals surface area contributed by atoms with Crippen LogP contribution in [-0.4, -0.2) is 56.8 Å². The van der Waals surface area contributed by atoms with E-state index >= 15 is 0 Å². The molecule has 0 spiro atoms. The van der Waals surface area contributed by atoms with Crippen LogP contribution in [0.1, 0.15) is 0 Å². The summed E-state index contributed by atoms with van der Waals surface area (Å²) in [6, 6.07) is 8.74. The molecular formula is C16H18N4O3. The van der Waals surface area contributed by atoms with Crippen molar-refractivity contribution in [1.29, 1.82) is 0 Å². The average Bonchev–Trinajstić information content (AvgIpc) is 2.95. The predicted molar refractivity (Wildman–Crippen MR) is 85.9 cm³/mol. The van der Waals surface area contributed by atoms with E-state index in [-0.39, 0.29) is 11.4 Å². The van der Waals surface area contributed by atoms with Crippen molar-refractivity contribution in [2.24, 2.45) is 0 Å². The Morgan fingerprint density at radius 2 is 1.96 bits per heavy atom. The van der Waals surface area contributed by atoms with Crippen molar-refractivity contribution in [3.8, 4) is 5.88 Å². The minimum Gasteiger partial charge on any atom is -0.494 e. The summed E-state index contributed by atoms with van der Waals surface area (Å²) in [7, 11) is 0. The first-order valence-corrected chi connectivity index (χ1v) is 7.74. The zero-order chi connectivity index (χ0) is 15.8. The van der Waals surface area contributed by atoms with Crippen molar-refractivity contribution in [3.05, 3.63) is 40.7 Å². The normalized spacial score (nSPS) is 16.3. The highest BCUT2D eigenvalue weighted by Crippen LogP contribution is 2.18. The second-order valence-electron chi connectivity index (χ2n) is 5.68. The fraction of sp³-hybridized carbons (Fsp3) is 0.375. The fourth-order valence-corrected chi connectivity index (χ4v) is 3.05. The monoisotopic (exact) mass is 314 g/mol. The summed E-state index contributed by atoms with van der Waals surface area (Å²) in [5, 5.41) is 10.2. The molecule has 2 aromatic heterocycles. The topological polar surface area (TPSA) is 72.0 Å². The summed E-state index contributed by atoms with van der Waals surface area (Å²) < 4.78 is 8.59. The quantitative estimate of drug-likeness (QED) is 0.770. The van der Waals surface area contributed by atoms with Gasteiger partial charge in [0.05, 0.1) is 30.3 Å². The number of hydrogen-bond donors (Lipinski definition) is 1. The van der Waals surface area contributed by atoms with E-state index in [0.29, 0.717) is 12.3 Å². The summed E-state index contributed by atoms with van der Waals surface area (Å²) >= 11 is 0. The van der Waals surface area contributed by atoms with Gasteiger partial charge in [-0.25, -0.2) is 9.38 Å². The standard InChI is InChI=1S/C16H18N4O3/c21-14-11-15(22)20-13-4-2-1-3-12(13)17-16(20)19(14)6-5-18-7-9-23-10-8-18/h1-4,11,21H,5-10H2. The summed E-state index contributed by atoms with van der Waals surface area (Å²) in [4.78, 5) is 19.1. The Labute approximate surface area is 132 Å². The van der Waals surface area contributed by atoms with Gasteiger partial charge in [-0.3, -0.25) is 14.3 Å². The highest BCUT2D eigenvalue weighted by atomic mass is 16.5. The minimum absolute atomic E-state index is 0.0499. The van der Waals surface area contributed by atoms with Crippen molar-refractivity contribution in [2.75, 3.05) is 32.8 Å². The number of ether oxygens (including phenoxy) is 1. The molecule has 0 saturated carbocycles. The Morgan fingerprint density at radius 1 is 1.17 bits per heavy atom. The van der Waals surface area contributed by atoms with Crippen molar-refractivity contribution in [3.63, 3.8) is 0 Å². The second-order valence-corrected chi connectivity index (χ2v) is 5.68. The third-order valence-corrected chi connectivity index (χ3v) is 4.28. The van der Waals surface area contributed by atoms with Crippen LogP contribution in [0, 0.1) is 0 Å². The summed E-state index contributed by atoms with van der Waals surface area (Å²) in [5.41, 5.74) is 1.23. The van der Waals surface area contributed by atoms with Gasteiger partial charge in [0, 0.05) is 26.2 Å². The molecule has 3 heterocycles. The molecule has 1 aliphatic heterocycles. The van der Waals surface area contributed by atoms with E-state index in [0.717, 1.165) is 43.9 Å². The summed E-state index contributed by atoms with van der Waals surface area (Å²) in [5.74, 6) is 0.426. The molecule has 0 bridgehead atoms. The lowest BCUT2D eigenvalue weighted by atomic mass is 10.3. The molecule has 120 valence electrons. The molecule has 1 saturated heterocycles. The third-order valence-electron chi connectivity index (χ3n) is 4.28. The van der Waals surface area contributed by atoms with Crippen molar-refractivity contribution in [2.45, 2.75) is 6.54 Å². The maximum atomic E-state index is 12.3. The molecule has 1 N–H and O–H groups in total. The molecule has 4 rings (SSSR count). The van der Waals surface area contributed by atoms with Gasteiger partial charge in [0.1, 0.15) is 0 Å². The van der Waals surface area contributed by atoms with E-state index in [1.807, 2.05) is 24.3 Å². The van der Waals surface area contributed by atoms with Crippen LogP contribution in [0.5, 0.6) is 5.88 Å². The van der Waals surface area contributed by atoms with Crippen LogP contribution < -0.4 is 5.56 Å². The molecule has 7 nitrogen and oxygen atoms in total. The van der Waals surface area contributed by atoms with Gasteiger partial charge >= 0.3 is 0 Å². The van der Waals surface area contributed by atoms with E-state index in [2.05, 4.69) is 9.88 Å². The Kier molecular flexibility index (Phi) is 3.51. The number of para-hydroxylation sites is 2. The number of nitrogens with zero attached hydrogens (tertiary/aromatic N) is 4. The van der Waals surface area contributed by atoms with Gasteiger partial charge < -0.3 is 9.84 Å². The number of benzene rings is 1. The molecule has 0 atom stereocenters. The maximum absolute atomic E-state index is 12.3. The Balaban J connectivity index is 1.77. The molecule has 23 heavy (non-hydrogen) atoms. The van der Waals surface area contributed by atoms with Crippen LogP contribution in [0.4, 0.5) is 0 Å². The molecule has 0 unspecified atom stereocenters. The number of hydrogen-bond acceptors (Lipinski definition) is 5. The molecule has 1 aliphatic rings. The van der Waals surface area contributed by atoms with Crippen molar-refractivity contribution >= 4 is 16.8 Å². The van der Waals surface area contributed by atoms with E-state index in [1.54, 1.807) is 8.97 Å². The van der Waals surface area contributed by atoms with Crippen LogP contribution in [0.25, 0.3) is 16.8 Å². The number of imidazole rings is 1. The first-order chi connectivity index (χ1) is 11.2. The zero-order valence-electron chi connectivity index (χ0n) is 12.7. The first kappa shape index (κ1) is 14.2. The average molecular weight is 314 g/mol. The highest BCUT2D eigenvalue weighted by molar-refractivity contribution is 5.79. The maximum Gasteiger partial charge on any atom is 0.263 e.